The van der Waals surface area contributed by atoms with Gasteiger partial charge in [-0.25, -0.2) is 10.2 Å². The zero-order valence-electron chi connectivity index (χ0n) is 15.9. The summed E-state index contributed by atoms with van der Waals surface area (Å²) >= 11 is 3.33. The van der Waals surface area contributed by atoms with Crippen LogP contribution in [0.3, 0.4) is 0 Å². The fraction of sp³-hybridized carbons (Fsp3) is 0.200. The molecule has 29 heavy (non-hydrogen) atoms. The Kier molecular flexibility index (Phi) is 8.35. The third-order valence-corrected chi connectivity index (χ3v) is 4.29. The minimum absolute atomic E-state index is 0.205. The third kappa shape index (κ3) is 7.38. The van der Waals surface area contributed by atoms with Crippen molar-refractivity contribution in [3.63, 3.8) is 0 Å². The maximum atomic E-state index is 11.9. The van der Waals surface area contributed by atoms with Gasteiger partial charge in [0.25, 0.3) is 0 Å². The molecule has 152 valence electrons. The standard InChI is InChI=1S/C20H20BrN3O5/c1-13-5-3-4-6-16(13)23-18(25)10-19(26)24-22-11-14-7-8-17(15(21)9-14)29-12-20(27)28-2/h3-9,11H,10,12H2,1-2H3,(H,23,25)(H,24,26). The van der Waals surface area contributed by atoms with Crippen LogP contribution in [0, 0.1) is 6.92 Å². The summed E-state index contributed by atoms with van der Waals surface area (Å²) in [6.45, 7) is 1.66. The average molecular weight is 462 g/mol. The lowest BCUT2D eigenvalue weighted by molar-refractivity contribution is -0.143. The van der Waals surface area contributed by atoms with Crippen LogP contribution in [0.2, 0.25) is 0 Å². The topological polar surface area (TPSA) is 106 Å². The van der Waals surface area contributed by atoms with Crippen molar-refractivity contribution < 1.29 is 23.9 Å². The van der Waals surface area contributed by atoms with Crippen LogP contribution >= 0.6 is 15.9 Å². The molecule has 0 saturated heterocycles. The Bertz CT molecular complexity index is 930. The summed E-state index contributed by atoms with van der Waals surface area (Å²) in [5.41, 5.74) is 4.55. The van der Waals surface area contributed by atoms with Crippen molar-refractivity contribution in [1.82, 2.24) is 5.43 Å². The summed E-state index contributed by atoms with van der Waals surface area (Å²) in [5, 5.41) is 6.52. The molecule has 0 fully saturated rings. The molecule has 2 rings (SSSR count). The Balaban J connectivity index is 1.83. The molecule has 2 amide bonds. The SMILES string of the molecule is COC(=O)COc1ccc(C=NNC(=O)CC(=O)Nc2ccccc2C)cc1Br. The third-order valence-electron chi connectivity index (χ3n) is 3.67. The van der Waals surface area contributed by atoms with Gasteiger partial charge in [-0.2, -0.15) is 5.10 Å². The highest BCUT2D eigenvalue weighted by Crippen LogP contribution is 2.25. The number of amides is 2. The number of methoxy groups -OCH3 is 1. The van der Waals surface area contributed by atoms with Gasteiger partial charge in [0.1, 0.15) is 12.2 Å². The van der Waals surface area contributed by atoms with Gasteiger partial charge in [-0.1, -0.05) is 18.2 Å². The van der Waals surface area contributed by atoms with Crippen LogP contribution in [0.1, 0.15) is 17.5 Å². The molecule has 0 aromatic heterocycles. The van der Waals surface area contributed by atoms with E-state index in [1.165, 1.54) is 13.3 Å². The molecule has 0 aliphatic rings. The molecular weight excluding hydrogens is 442 g/mol. The molecular formula is C20H20BrN3O5. The van der Waals surface area contributed by atoms with Crippen LogP contribution in [0.25, 0.3) is 0 Å². The van der Waals surface area contributed by atoms with E-state index in [0.29, 0.717) is 21.5 Å². The van der Waals surface area contributed by atoms with E-state index in [9.17, 15) is 14.4 Å². The zero-order chi connectivity index (χ0) is 21.2. The number of hydrogen-bond donors (Lipinski definition) is 2. The molecule has 0 aliphatic carbocycles. The molecule has 0 aliphatic heterocycles. The Morgan fingerprint density at radius 1 is 1.14 bits per heavy atom. The van der Waals surface area contributed by atoms with Crippen molar-refractivity contribution in [2.24, 2.45) is 5.10 Å². The predicted octanol–water partition coefficient (Wildman–Crippen LogP) is 2.79. The van der Waals surface area contributed by atoms with Crippen molar-refractivity contribution in [3.05, 3.63) is 58.1 Å². The summed E-state index contributed by atoms with van der Waals surface area (Å²) in [7, 11) is 1.28. The quantitative estimate of drug-likeness (QED) is 0.272. The van der Waals surface area contributed by atoms with E-state index < -0.39 is 17.8 Å². The van der Waals surface area contributed by atoms with E-state index in [1.807, 2.05) is 19.1 Å². The van der Waals surface area contributed by atoms with Crippen LogP contribution < -0.4 is 15.5 Å². The number of hydrogen-bond acceptors (Lipinski definition) is 6. The number of carbonyl (C=O) groups is 3. The molecule has 0 saturated carbocycles. The van der Waals surface area contributed by atoms with Crippen LogP contribution in [-0.4, -0.2) is 37.7 Å². The van der Waals surface area contributed by atoms with E-state index in [2.05, 4.69) is 36.5 Å². The minimum Gasteiger partial charge on any atom is -0.481 e. The van der Waals surface area contributed by atoms with E-state index in [4.69, 9.17) is 4.74 Å². The number of nitrogens with one attached hydrogen (secondary N) is 2. The fourth-order valence-electron chi connectivity index (χ4n) is 2.18. The van der Waals surface area contributed by atoms with Crippen LogP contribution in [0.15, 0.2) is 52.0 Å². The predicted molar refractivity (Wildman–Crippen MR) is 112 cm³/mol. The van der Waals surface area contributed by atoms with Gasteiger partial charge in [0.15, 0.2) is 6.61 Å². The molecule has 0 bridgehead atoms. The largest absolute Gasteiger partial charge is 0.481 e. The maximum absolute atomic E-state index is 11.9. The monoisotopic (exact) mass is 461 g/mol. The zero-order valence-corrected chi connectivity index (χ0v) is 17.5. The molecule has 0 unspecified atom stereocenters. The smallest absolute Gasteiger partial charge is 0.343 e. The van der Waals surface area contributed by atoms with Gasteiger partial charge in [-0.15, -0.1) is 0 Å². The van der Waals surface area contributed by atoms with Gasteiger partial charge in [0.2, 0.25) is 11.8 Å². The van der Waals surface area contributed by atoms with Gasteiger partial charge in [-0.05, 0) is 58.2 Å². The number of anilines is 1. The van der Waals surface area contributed by atoms with Crippen molar-refractivity contribution in [2.45, 2.75) is 13.3 Å². The highest BCUT2D eigenvalue weighted by molar-refractivity contribution is 9.10. The summed E-state index contributed by atoms with van der Waals surface area (Å²) in [5.74, 6) is -0.993. The van der Waals surface area contributed by atoms with Crippen molar-refractivity contribution in [3.8, 4) is 5.75 Å². The number of rotatable bonds is 8. The lowest BCUT2D eigenvalue weighted by Crippen LogP contribution is -2.24. The van der Waals surface area contributed by atoms with Gasteiger partial charge in [0, 0.05) is 5.69 Å². The Hall–Kier alpha value is -3.20. The molecule has 0 spiro atoms. The number of benzene rings is 2. The maximum Gasteiger partial charge on any atom is 0.343 e. The minimum atomic E-state index is -0.538. The number of ether oxygens (including phenoxy) is 2. The average Bonchev–Trinajstić information content (AvgIpc) is 2.68. The molecule has 2 aromatic rings. The lowest BCUT2D eigenvalue weighted by atomic mass is 10.2. The molecule has 9 heteroatoms. The molecule has 2 N–H and O–H groups in total. The van der Waals surface area contributed by atoms with E-state index >= 15 is 0 Å². The first-order chi connectivity index (χ1) is 13.9. The van der Waals surface area contributed by atoms with Crippen LogP contribution in [0.5, 0.6) is 5.75 Å². The summed E-state index contributed by atoms with van der Waals surface area (Å²) in [6.07, 6.45) is 1.07. The number of esters is 1. The van der Waals surface area contributed by atoms with E-state index in [1.54, 1.807) is 30.3 Å². The van der Waals surface area contributed by atoms with E-state index in [0.717, 1.165) is 5.56 Å². The summed E-state index contributed by atoms with van der Waals surface area (Å²) in [6, 6.07) is 12.3. The van der Waals surface area contributed by atoms with Crippen LogP contribution in [-0.2, 0) is 19.1 Å². The first-order valence-corrected chi connectivity index (χ1v) is 9.35. The van der Waals surface area contributed by atoms with Gasteiger partial charge in [-0.3, -0.25) is 9.59 Å². The fourth-order valence-corrected chi connectivity index (χ4v) is 2.69. The number of para-hydroxylation sites is 1. The first-order valence-electron chi connectivity index (χ1n) is 8.55. The molecule has 0 heterocycles. The molecule has 0 radical (unpaired) electrons. The first kappa shape index (κ1) is 22.1. The summed E-state index contributed by atoms with van der Waals surface area (Å²) in [4.78, 5) is 34.9. The highest BCUT2D eigenvalue weighted by atomic mass is 79.9. The molecule has 8 nitrogen and oxygen atoms in total. The van der Waals surface area contributed by atoms with Crippen molar-refractivity contribution >= 4 is 45.6 Å². The normalized spacial score (nSPS) is 10.4. The van der Waals surface area contributed by atoms with Crippen molar-refractivity contribution in [2.75, 3.05) is 19.0 Å². The van der Waals surface area contributed by atoms with Crippen LogP contribution in [0.4, 0.5) is 5.69 Å². The Labute approximate surface area is 176 Å². The second-order valence-corrected chi connectivity index (χ2v) is 6.74. The number of halogens is 1. The number of aryl methyl sites for hydroxylation is 1. The Morgan fingerprint density at radius 2 is 1.90 bits per heavy atom. The van der Waals surface area contributed by atoms with Gasteiger partial charge < -0.3 is 14.8 Å². The number of carbonyl (C=O) groups excluding carboxylic acids is 3. The molecule has 2 aromatic carbocycles. The number of hydrazone groups is 1. The summed E-state index contributed by atoms with van der Waals surface area (Å²) < 4.78 is 10.4. The second kappa shape index (κ2) is 11.0. The lowest BCUT2D eigenvalue weighted by Gasteiger charge is -2.08. The van der Waals surface area contributed by atoms with Gasteiger partial charge >= 0.3 is 5.97 Å². The second-order valence-electron chi connectivity index (χ2n) is 5.89. The van der Waals surface area contributed by atoms with E-state index in [-0.39, 0.29) is 13.0 Å². The van der Waals surface area contributed by atoms with Crippen molar-refractivity contribution in [1.29, 1.82) is 0 Å². The Morgan fingerprint density at radius 3 is 2.59 bits per heavy atom. The number of nitrogens with zero attached hydrogens (tertiary/aromatic N) is 1. The molecule has 0 atom stereocenters. The highest BCUT2D eigenvalue weighted by Gasteiger charge is 2.10. The van der Waals surface area contributed by atoms with Gasteiger partial charge in [0.05, 0.1) is 17.8 Å².